The highest BCUT2D eigenvalue weighted by atomic mass is 16.3. The summed E-state index contributed by atoms with van der Waals surface area (Å²) in [6.07, 6.45) is 0. The number of aryl methyl sites for hydroxylation is 3. The molecular formula is C16H19NO. The van der Waals surface area contributed by atoms with Crippen molar-refractivity contribution in [1.29, 1.82) is 0 Å². The lowest BCUT2D eigenvalue weighted by molar-refractivity contribution is 0.475. The summed E-state index contributed by atoms with van der Waals surface area (Å²) in [7, 11) is 0. The predicted octanol–water partition coefficient (Wildman–Crippen LogP) is 3.93. The molecule has 0 bridgehead atoms. The minimum absolute atomic E-state index is 0.309. The van der Waals surface area contributed by atoms with E-state index in [1.54, 1.807) is 12.1 Å². The van der Waals surface area contributed by atoms with Crippen molar-refractivity contribution in [2.45, 2.75) is 27.3 Å². The molecule has 2 aromatic carbocycles. The molecule has 0 radical (unpaired) electrons. The Kier molecular flexibility index (Phi) is 3.56. The Morgan fingerprint density at radius 2 is 1.67 bits per heavy atom. The zero-order valence-electron chi connectivity index (χ0n) is 11.1. The molecule has 0 aliphatic heterocycles. The molecule has 0 aliphatic carbocycles. The molecule has 2 rings (SSSR count). The Morgan fingerprint density at radius 1 is 0.889 bits per heavy atom. The van der Waals surface area contributed by atoms with Crippen LogP contribution in [0.25, 0.3) is 0 Å². The van der Waals surface area contributed by atoms with Gasteiger partial charge in [-0.15, -0.1) is 0 Å². The Hall–Kier alpha value is -1.96. The highest BCUT2D eigenvalue weighted by Crippen LogP contribution is 2.21. The van der Waals surface area contributed by atoms with E-state index in [4.69, 9.17) is 0 Å². The Balaban J connectivity index is 2.09. The molecule has 0 fully saturated rings. The largest absolute Gasteiger partial charge is 0.508 e. The summed E-state index contributed by atoms with van der Waals surface area (Å²) in [5.74, 6) is 0.309. The first-order valence-electron chi connectivity index (χ1n) is 6.16. The molecule has 0 saturated heterocycles. The second-order valence-electron chi connectivity index (χ2n) is 4.77. The first kappa shape index (κ1) is 12.5. The van der Waals surface area contributed by atoms with Crippen LogP contribution >= 0.6 is 0 Å². The first-order valence-corrected chi connectivity index (χ1v) is 6.16. The van der Waals surface area contributed by atoms with Crippen LogP contribution in [-0.4, -0.2) is 5.11 Å². The molecule has 2 aromatic rings. The number of aromatic hydroxyl groups is 1. The van der Waals surface area contributed by atoms with E-state index in [0.29, 0.717) is 5.75 Å². The highest BCUT2D eigenvalue weighted by molar-refractivity contribution is 5.53. The second kappa shape index (κ2) is 5.13. The quantitative estimate of drug-likeness (QED) is 0.798. The number of benzene rings is 2. The van der Waals surface area contributed by atoms with Crippen LogP contribution in [0, 0.1) is 20.8 Å². The maximum Gasteiger partial charge on any atom is 0.115 e. The van der Waals surface area contributed by atoms with Crippen LogP contribution in [0.4, 0.5) is 5.69 Å². The summed E-state index contributed by atoms with van der Waals surface area (Å²) in [5, 5.41) is 12.8. The van der Waals surface area contributed by atoms with Crippen molar-refractivity contribution in [3.63, 3.8) is 0 Å². The topological polar surface area (TPSA) is 32.3 Å². The minimum atomic E-state index is 0.309. The van der Waals surface area contributed by atoms with E-state index < -0.39 is 0 Å². The molecule has 2 nitrogen and oxygen atoms in total. The van der Waals surface area contributed by atoms with E-state index in [2.05, 4.69) is 37.4 Å². The van der Waals surface area contributed by atoms with Gasteiger partial charge in [0, 0.05) is 12.2 Å². The van der Waals surface area contributed by atoms with Crippen molar-refractivity contribution in [2.24, 2.45) is 0 Å². The van der Waals surface area contributed by atoms with Gasteiger partial charge in [-0.2, -0.15) is 0 Å². The van der Waals surface area contributed by atoms with Gasteiger partial charge in [0.25, 0.3) is 0 Å². The summed E-state index contributed by atoms with van der Waals surface area (Å²) >= 11 is 0. The number of nitrogens with one attached hydrogen (secondary N) is 1. The van der Waals surface area contributed by atoms with Crippen molar-refractivity contribution in [3.05, 3.63) is 58.7 Å². The number of phenolic OH excluding ortho intramolecular Hbond substituents is 1. The summed E-state index contributed by atoms with van der Waals surface area (Å²) in [6, 6.07) is 11.9. The molecule has 0 amide bonds. The zero-order valence-corrected chi connectivity index (χ0v) is 11.1. The van der Waals surface area contributed by atoms with Crippen molar-refractivity contribution in [2.75, 3.05) is 5.32 Å². The predicted molar refractivity (Wildman–Crippen MR) is 76.1 cm³/mol. The summed E-state index contributed by atoms with van der Waals surface area (Å²) in [4.78, 5) is 0. The van der Waals surface area contributed by atoms with Crippen LogP contribution in [0.5, 0.6) is 5.75 Å². The monoisotopic (exact) mass is 241 g/mol. The Labute approximate surface area is 108 Å². The molecule has 0 saturated carbocycles. The lowest BCUT2D eigenvalue weighted by Gasteiger charge is -2.11. The van der Waals surface area contributed by atoms with Crippen LogP contribution in [0.3, 0.4) is 0 Å². The Bertz CT molecular complexity index is 561. The van der Waals surface area contributed by atoms with Gasteiger partial charge in [0.1, 0.15) is 5.75 Å². The fourth-order valence-electron chi connectivity index (χ4n) is 1.96. The molecule has 0 aromatic heterocycles. The van der Waals surface area contributed by atoms with Crippen LogP contribution in [0.1, 0.15) is 22.3 Å². The van der Waals surface area contributed by atoms with Gasteiger partial charge in [-0.05, 0) is 61.2 Å². The zero-order chi connectivity index (χ0) is 13.1. The van der Waals surface area contributed by atoms with Crippen LogP contribution in [0.15, 0.2) is 36.4 Å². The van der Waals surface area contributed by atoms with E-state index in [1.807, 2.05) is 13.0 Å². The van der Waals surface area contributed by atoms with Gasteiger partial charge in [-0.1, -0.05) is 18.2 Å². The number of hydrogen-bond acceptors (Lipinski definition) is 2. The standard InChI is InChI=1S/C16H19NO/c1-11-4-5-14(8-12(11)2)10-17-16-7-6-15(18)9-13(16)3/h4-9,17-18H,10H2,1-3H3. The summed E-state index contributed by atoms with van der Waals surface area (Å²) in [5.41, 5.74) is 6.02. The molecule has 2 N–H and O–H groups in total. The van der Waals surface area contributed by atoms with E-state index in [1.165, 1.54) is 16.7 Å². The molecule has 0 unspecified atom stereocenters. The molecular weight excluding hydrogens is 222 g/mol. The third kappa shape index (κ3) is 2.83. The second-order valence-corrected chi connectivity index (χ2v) is 4.77. The van der Waals surface area contributed by atoms with E-state index in [0.717, 1.165) is 17.8 Å². The van der Waals surface area contributed by atoms with E-state index in [-0.39, 0.29) is 0 Å². The third-order valence-corrected chi connectivity index (χ3v) is 3.26. The number of anilines is 1. The van der Waals surface area contributed by atoms with Crippen molar-refractivity contribution < 1.29 is 5.11 Å². The normalized spacial score (nSPS) is 10.4. The number of phenols is 1. The molecule has 0 atom stereocenters. The molecule has 2 heteroatoms. The first-order chi connectivity index (χ1) is 8.56. The van der Waals surface area contributed by atoms with Gasteiger partial charge in [-0.25, -0.2) is 0 Å². The van der Waals surface area contributed by atoms with Crippen molar-refractivity contribution in [3.8, 4) is 5.75 Å². The average molecular weight is 241 g/mol. The van der Waals surface area contributed by atoms with Crippen LogP contribution < -0.4 is 5.32 Å². The van der Waals surface area contributed by atoms with E-state index >= 15 is 0 Å². The molecule has 0 aliphatic rings. The van der Waals surface area contributed by atoms with Gasteiger partial charge in [-0.3, -0.25) is 0 Å². The fourth-order valence-corrected chi connectivity index (χ4v) is 1.96. The van der Waals surface area contributed by atoms with Crippen molar-refractivity contribution in [1.82, 2.24) is 0 Å². The maximum atomic E-state index is 9.36. The van der Waals surface area contributed by atoms with Gasteiger partial charge in [0.05, 0.1) is 0 Å². The lowest BCUT2D eigenvalue weighted by atomic mass is 10.1. The Morgan fingerprint density at radius 3 is 2.33 bits per heavy atom. The molecule has 94 valence electrons. The number of hydrogen-bond donors (Lipinski definition) is 2. The smallest absolute Gasteiger partial charge is 0.115 e. The minimum Gasteiger partial charge on any atom is -0.508 e. The fraction of sp³-hybridized carbons (Fsp3) is 0.250. The van der Waals surface area contributed by atoms with Crippen LogP contribution in [0.2, 0.25) is 0 Å². The summed E-state index contributed by atoms with van der Waals surface area (Å²) in [6.45, 7) is 7.04. The van der Waals surface area contributed by atoms with Crippen LogP contribution in [-0.2, 0) is 6.54 Å². The SMILES string of the molecule is Cc1ccc(CNc2ccc(O)cc2C)cc1C. The molecule has 18 heavy (non-hydrogen) atoms. The summed E-state index contributed by atoms with van der Waals surface area (Å²) < 4.78 is 0. The average Bonchev–Trinajstić information content (AvgIpc) is 2.32. The third-order valence-electron chi connectivity index (χ3n) is 3.26. The highest BCUT2D eigenvalue weighted by Gasteiger charge is 2.00. The maximum absolute atomic E-state index is 9.36. The van der Waals surface area contributed by atoms with E-state index in [9.17, 15) is 5.11 Å². The lowest BCUT2D eigenvalue weighted by Crippen LogP contribution is -2.01. The van der Waals surface area contributed by atoms with Gasteiger partial charge >= 0.3 is 0 Å². The van der Waals surface area contributed by atoms with Crippen molar-refractivity contribution >= 4 is 5.69 Å². The number of rotatable bonds is 3. The van der Waals surface area contributed by atoms with Gasteiger partial charge < -0.3 is 10.4 Å². The van der Waals surface area contributed by atoms with Gasteiger partial charge in [0.2, 0.25) is 0 Å². The molecule has 0 heterocycles. The molecule has 0 spiro atoms. The van der Waals surface area contributed by atoms with Gasteiger partial charge in [0.15, 0.2) is 0 Å².